The van der Waals surface area contributed by atoms with E-state index in [1.807, 2.05) is 13.8 Å². The Morgan fingerprint density at radius 1 is 1.40 bits per heavy atom. The first kappa shape index (κ1) is 11.5. The van der Waals surface area contributed by atoms with Crippen molar-refractivity contribution < 1.29 is 9.66 Å². The van der Waals surface area contributed by atoms with Crippen LogP contribution in [-0.2, 0) is 4.74 Å². The molecule has 1 rings (SSSR count). The third kappa shape index (κ3) is 3.95. The number of hydrogen-bond donors (Lipinski definition) is 1. The summed E-state index contributed by atoms with van der Waals surface area (Å²) >= 11 is 0. The van der Waals surface area contributed by atoms with Crippen LogP contribution >= 0.6 is 0 Å². The Kier molecular flexibility index (Phi) is 4.05. The highest BCUT2D eigenvalue weighted by molar-refractivity contribution is 5.48. The first-order valence-electron chi connectivity index (χ1n) is 4.69. The smallest absolute Gasteiger partial charge is 0.269 e. The van der Waals surface area contributed by atoms with Gasteiger partial charge in [-0.2, -0.15) is 0 Å². The molecular weight excluding hydrogens is 196 g/mol. The van der Waals surface area contributed by atoms with Crippen molar-refractivity contribution in [2.24, 2.45) is 0 Å². The van der Waals surface area contributed by atoms with Crippen LogP contribution in [0.4, 0.5) is 11.4 Å². The number of nitrogens with zero attached hydrogens (tertiary/aromatic N) is 1. The summed E-state index contributed by atoms with van der Waals surface area (Å²) in [4.78, 5) is 9.95. The molecule has 0 saturated carbocycles. The number of benzene rings is 1. The highest BCUT2D eigenvalue weighted by Gasteiger charge is 2.03. The number of non-ortho nitro benzene ring substituents is 1. The van der Waals surface area contributed by atoms with E-state index in [1.165, 1.54) is 12.1 Å². The Morgan fingerprint density at radius 2 is 2.00 bits per heavy atom. The van der Waals surface area contributed by atoms with Crippen LogP contribution in [0.5, 0.6) is 0 Å². The Hall–Kier alpha value is -1.62. The molecule has 82 valence electrons. The van der Waals surface area contributed by atoms with Gasteiger partial charge in [-0.05, 0) is 26.0 Å². The topological polar surface area (TPSA) is 64.4 Å². The van der Waals surface area contributed by atoms with Crippen LogP contribution in [0.2, 0.25) is 0 Å². The molecule has 0 unspecified atom stereocenters. The maximum atomic E-state index is 10.4. The third-order valence-corrected chi connectivity index (χ3v) is 1.77. The molecule has 1 aromatic carbocycles. The van der Waals surface area contributed by atoms with E-state index in [0.717, 1.165) is 5.69 Å². The maximum Gasteiger partial charge on any atom is 0.269 e. The zero-order valence-electron chi connectivity index (χ0n) is 8.77. The van der Waals surface area contributed by atoms with Crippen molar-refractivity contribution in [3.63, 3.8) is 0 Å². The van der Waals surface area contributed by atoms with Crippen molar-refractivity contribution >= 4 is 11.4 Å². The Bertz CT molecular complexity index is 322. The van der Waals surface area contributed by atoms with Gasteiger partial charge in [-0.1, -0.05) is 0 Å². The van der Waals surface area contributed by atoms with Gasteiger partial charge in [-0.15, -0.1) is 0 Å². The molecule has 15 heavy (non-hydrogen) atoms. The van der Waals surface area contributed by atoms with Gasteiger partial charge in [0.05, 0.1) is 11.0 Å². The van der Waals surface area contributed by atoms with Crippen LogP contribution in [-0.4, -0.2) is 17.8 Å². The number of rotatable bonds is 5. The van der Waals surface area contributed by atoms with Gasteiger partial charge in [-0.3, -0.25) is 10.1 Å². The summed E-state index contributed by atoms with van der Waals surface area (Å²) in [5.74, 6) is 0. The molecule has 0 amide bonds. The molecule has 1 aromatic rings. The lowest BCUT2D eigenvalue weighted by molar-refractivity contribution is -0.384. The normalized spacial score (nSPS) is 10.3. The SMILES string of the molecule is CC(C)OCNc1ccc([N+](=O)[O-])cc1. The minimum Gasteiger partial charge on any atom is -0.363 e. The number of nitro benzene ring substituents is 1. The van der Waals surface area contributed by atoms with Gasteiger partial charge in [0.1, 0.15) is 6.73 Å². The molecule has 0 atom stereocenters. The number of ether oxygens (including phenoxy) is 1. The zero-order chi connectivity index (χ0) is 11.3. The standard InChI is InChI=1S/C10H14N2O3/c1-8(2)15-7-11-9-3-5-10(6-4-9)12(13)14/h3-6,8,11H,7H2,1-2H3. The molecule has 0 aliphatic rings. The number of nitro groups is 1. The van der Waals surface area contributed by atoms with Gasteiger partial charge in [0.25, 0.3) is 5.69 Å². The molecule has 0 saturated heterocycles. The fourth-order valence-electron chi connectivity index (χ4n) is 0.993. The van der Waals surface area contributed by atoms with Crippen LogP contribution in [0, 0.1) is 10.1 Å². The first-order chi connectivity index (χ1) is 7.09. The van der Waals surface area contributed by atoms with E-state index in [1.54, 1.807) is 12.1 Å². The summed E-state index contributed by atoms with van der Waals surface area (Å²) in [6.45, 7) is 4.28. The van der Waals surface area contributed by atoms with Crippen LogP contribution in [0.1, 0.15) is 13.8 Å². The lowest BCUT2D eigenvalue weighted by Crippen LogP contribution is -2.11. The van der Waals surface area contributed by atoms with E-state index >= 15 is 0 Å². The third-order valence-electron chi connectivity index (χ3n) is 1.77. The maximum absolute atomic E-state index is 10.4. The van der Waals surface area contributed by atoms with E-state index in [4.69, 9.17) is 4.74 Å². The predicted molar refractivity (Wildman–Crippen MR) is 57.8 cm³/mol. The Balaban J connectivity index is 2.46. The predicted octanol–water partition coefficient (Wildman–Crippen LogP) is 2.39. The largest absolute Gasteiger partial charge is 0.363 e. The van der Waals surface area contributed by atoms with Crippen LogP contribution < -0.4 is 5.32 Å². The Labute approximate surface area is 88.2 Å². The second-order valence-corrected chi connectivity index (χ2v) is 3.34. The van der Waals surface area contributed by atoms with Crippen LogP contribution in [0.25, 0.3) is 0 Å². The van der Waals surface area contributed by atoms with Crippen molar-refractivity contribution in [3.8, 4) is 0 Å². The number of anilines is 1. The summed E-state index contributed by atoms with van der Waals surface area (Å²) in [5, 5.41) is 13.4. The van der Waals surface area contributed by atoms with Crippen molar-refractivity contribution in [2.45, 2.75) is 20.0 Å². The van der Waals surface area contributed by atoms with E-state index in [2.05, 4.69) is 5.32 Å². The minimum atomic E-state index is -0.422. The van der Waals surface area contributed by atoms with Crippen LogP contribution in [0.3, 0.4) is 0 Å². The molecule has 0 bridgehead atoms. The lowest BCUT2D eigenvalue weighted by Gasteiger charge is -2.09. The van der Waals surface area contributed by atoms with Gasteiger partial charge in [0.2, 0.25) is 0 Å². The fraction of sp³-hybridized carbons (Fsp3) is 0.400. The highest BCUT2D eigenvalue weighted by atomic mass is 16.6. The first-order valence-corrected chi connectivity index (χ1v) is 4.69. The summed E-state index contributed by atoms with van der Waals surface area (Å²) in [6, 6.07) is 6.22. The quantitative estimate of drug-likeness (QED) is 0.460. The average Bonchev–Trinajstić information content (AvgIpc) is 2.18. The molecule has 0 spiro atoms. The van der Waals surface area contributed by atoms with E-state index in [-0.39, 0.29) is 11.8 Å². The molecule has 0 radical (unpaired) electrons. The second kappa shape index (κ2) is 5.31. The molecule has 0 aliphatic carbocycles. The van der Waals surface area contributed by atoms with Crippen molar-refractivity contribution in [1.29, 1.82) is 0 Å². The van der Waals surface area contributed by atoms with Crippen molar-refractivity contribution in [2.75, 3.05) is 12.0 Å². The summed E-state index contributed by atoms with van der Waals surface area (Å²) in [7, 11) is 0. The second-order valence-electron chi connectivity index (χ2n) is 3.34. The van der Waals surface area contributed by atoms with Crippen molar-refractivity contribution in [1.82, 2.24) is 0 Å². The van der Waals surface area contributed by atoms with Gasteiger partial charge >= 0.3 is 0 Å². The van der Waals surface area contributed by atoms with Crippen molar-refractivity contribution in [3.05, 3.63) is 34.4 Å². The van der Waals surface area contributed by atoms with Gasteiger partial charge in [0.15, 0.2) is 0 Å². The number of nitrogens with one attached hydrogen (secondary N) is 1. The molecule has 0 heterocycles. The van der Waals surface area contributed by atoms with Gasteiger partial charge in [-0.25, -0.2) is 0 Å². The van der Waals surface area contributed by atoms with Gasteiger partial charge < -0.3 is 10.1 Å². The molecule has 1 N–H and O–H groups in total. The molecule has 5 heteroatoms. The molecule has 5 nitrogen and oxygen atoms in total. The molecule has 0 aliphatic heterocycles. The zero-order valence-corrected chi connectivity index (χ0v) is 8.77. The van der Waals surface area contributed by atoms with Crippen LogP contribution in [0.15, 0.2) is 24.3 Å². The monoisotopic (exact) mass is 210 g/mol. The fourth-order valence-corrected chi connectivity index (χ4v) is 0.993. The lowest BCUT2D eigenvalue weighted by atomic mass is 10.3. The van der Waals surface area contributed by atoms with E-state index < -0.39 is 4.92 Å². The summed E-state index contributed by atoms with van der Waals surface area (Å²) < 4.78 is 5.28. The minimum absolute atomic E-state index is 0.0883. The molecule has 0 aromatic heterocycles. The number of hydrogen-bond acceptors (Lipinski definition) is 4. The van der Waals surface area contributed by atoms with Gasteiger partial charge in [0, 0.05) is 17.8 Å². The average molecular weight is 210 g/mol. The highest BCUT2D eigenvalue weighted by Crippen LogP contribution is 2.14. The molecule has 0 fully saturated rings. The van der Waals surface area contributed by atoms with E-state index in [0.29, 0.717) is 6.73 Å². The summed E-state index contributed by atoms with van der Waals surface area (Å²) in [6.07, 6.45) is 0.163. The van der Waals surface area contributed by atoms with E-state index in [9.17, 15) is 10.1 Å². The summed E-state index contributed by atoms with van der Waals surface area (Å²) in [5.41, 5.74) is 0.895. The Morgan fingerprint density at radius 3 is 2.47 bits per heavy atom. The molecular formula is C10H14N2O3.